The van der Waals surface area contributed by atoms with Crippen LogP contribution in [0.4, 0.5) is 0 Å². The van der Waals surface area contributed by atoms with Crippen LogP contribution in [-0.2, 0) is 4.79 Å². The zero-order chi connectivity index (χ0) is 29.0. The Kier molecular flexibility index (Phi) is 10.7. The molecule has 0 saturated carbocycles. The Morgan fingerprint density at radius 2 is 1.16 bits per heavy atom. The smallest absolute Gasteiger partial charge is 0.233 e. The Labute approximate surface area is 212 Å². The minimum Gasteiger partial charge on any atom is -0.508 e. The second kappa shape index (κ2) is 13.7. The SMILES string of the molecule is O=C(c1cc(O)c(O)c(O)c1)c1c(O)cc(O)cc1O.O=C1C=Cc2ccccc2C1=O.[N-]=[N+]=[N-].[N-]=[N+]=[N-]. The third-order valence-electron chi connectivity index (χ3n) is 4.48. The van der Waals surface area contributed by atoms with E-state index in [9.17, 15) is 39.9 Å². The average molecular weight is 520 g/mol. The van der Waals surface area contributed by atoms with Crippen LogP contribution in [0.3, 0.4) is 0 Å². The van der Waals surface area contributed by atoms with Crippen molar-refractivity contribution in [1.29, 1.82) is 0 Å². The normalized spacial score (nSPS) is 10.5. The van der Waals surface area contributed by atoms with E-state index in [1.165, 1.54) is 15.9 Å². The topological polar surface area (TPSA) is 290 Å². The molecule has 1 aliphatic carbocycles. The van der Waals surface area contributed by atoms with Crippen molar-refractivity contribution in [3.05, 3.63) is 109 Å². The number of aromatic hydroxyl groups is 6. The minimum atomic E-state index is -0.911. The summed E-state index contributed by atoms with van der Waals surface area (Å²) in [7, 11) is 0. The molecule has 0 aliphatic heterocycles. The number of fused-ring (bicyclic) bond motifs is 1. The lowest BCUT2D eigenvalue weighted by molar-refractivity contribution is -0.110. The van der Waals surface area contributed by atoms with E-state index in [0.29, 0.717) is 5.56 Å². The number of ketones is 3. The molecule has 15 nitrogen and oxygen atoms in total. The summed E-state index contributed by atoms with van der Waals surface area (Å²) < 4.78 is 0. The lowest BCUT2D eigenvalue weighted by Crippen LogP contribution is -2.15. The molecule has 0 saturated heterocycles. The van der Waals surface area contributed by atoms with E-state index in [0.717, 1.165) is 29.8 Å². The highest BCUT2D eigenvalue weighted by Crippen LogP contribution is 2.38. The predicted molar refractivity (Wildman–Crippen MR) is 131 cm³/mol. The van der Waals surface area contributed by atoms with Crippen LogP contribution in [-0.4, -0.2) is 48.0 Å². The number of hydrogen-bond donors (Lipinski definition) is 6. The second-order valence-corrected chi connectivity index (χ2v) is 6.84. The molecule has 0 unspecified atom stereocenters. The van der Waals surface area contributed by atoms with Crippen molar-refractivity contribution < 1.29 is 45.0 Å². The number of carbonyl (C=O) groups excluding carboxylic acids is 3. The summed E-state index contributed by atoms with van der Waals surface area (Å²) in [5.41, 5.74) is 27.5. The van der Waals surface area contributed by atoms with Crippen molar-refractivity contribution in [3.63, 3.8) is 0 Å². The van der Waals surface area contributed by atoms with Gasteiger partial charge in [0.25, 0.3) is 0 Å². The molecule has 38 heavy (non-hydrogen) atoms. The predicted octanol–water partition coefficient (Wildman–Crippen LogP) is 4.35. The van der Waals surface area contributed by atoms with Crippen LogP contribution in [0, 0.1) is 0 Å². The molecule has 0 aromatic heterocycles. The summed E-state index contributed by atoms with van der Waals surface area (Å²) in [4.78, 5) is 37.2. The van der Waals surface area contributed by atoms with Crippen molar-refractivity contribution in [2.24, 2.45) is 0 Å². The van der Waals surface area contributed by atoms with Crippen LogP contribution in [0.5, 0.6) is 34.5 Å². The fourth-order valence-electron chi connectivity index (χ4n) is 2.93. The van der Waals surface area contributed by atoms with Crippen molar-refractivity contribution in [2.75, 3.05) is 0 Å². The van der Waals surface area contributed by atoms with Crippen LogP contribution in [0.25, 0.3) is 38.0 Å². The van der Waals surface area contributed by atoms with Crippen LogP contribution in [0.2, 0.25) is 0 Å². The highest BCUT2D eigenvalue weighted by molar-refractivity contribution is 6.49. The van der Waals surface area contributed by atoms with Crippen molar-refractivity contribution in [3.8, 4) is 34.5 Å². The van der Waals surface area contributed by atoms with Crippen molar-refractivity contribution in [1.82, 2.24) is 0 Å². The monoisotopic (exact) mass is 520 g/mol. The van der Waals surface area contributed by atoms with E-state index in [2.05, 4.69) is 0 Å². The first-order valence-corrected chi connectivity index (χ1v) is 9.80. The molecule has 3 aromatic carbocycles. The molecule has 4 rings (SSSR count). The van der Waals surface area contributed by atoms with Gasteiger partial charge >= 0.3 is 0 Å². The summed E-state index contributed by atoms with van der Waals surface area (Å²) in [5.74, 6) is -5.78. The van der Waals surface area contributed by atoms with Gasteiger partial charge in [-0.3, -0.25) is 24.2 Å². The zero-order valence-corrected chi connectivity index (χ0v) is 18.9. The Bertz CT molecular complexity index is 1430. The lowest BCUT2D eigenvalue weighted by Gasteiger charge is -2.09. The van der Waals surface area contributed by atoms with Crippen LogP contribution >= 0.6 is 0 Å². The Morgan fingerprint density at radius 1 is 0.684 bits per heavy atom. The zero-order valence-electron chi connectivity index (χ0n) is 18.9. The molecule has 1 aliphatic rings. The van der Waals surface area contributed by atoms with E-state index in [1.54, 1.807) is 18.2 Å². The molecular formula is C23H16N6O9-2. The molecule has 0 fully saturated rings. The first-order chi connectivity index (χ1) is 17.9. The van der Waals surface area contributed by atoms with Gasteiger partial charge in [-0.05, 0) is 23.8 Å². The average Bonchev–Trinajstić information content (AvgIpc) is 2.85. The number of rotatable bonds is 2. The first kappa shape index (κ1) is 29.9. The van der Waals surface area contributed by atoms with Crippen LogP contribution in [0.1, 0.15) is 31.8 Å². The van der Waals surface area contributed by atoms with Gasteiger partial charge in [0.2, 0.25) is 17.3 Å². The summed E-state index contributed by atoms with van der Waals surface area (Å²) in [5, 5.41) is 56.2. The van der Waals surface area contributed by atoms with Gasteiger partial charge in [0.1, 0.15) is 22.8 Å². The fraction of sp³-hybridized carbons (Fsp3) is 0. The number of nitrogens with zero attached hydrogens (tertiary/aromatic N) is 6. The number of allylic oxidation sites excluding steroid dienone is 1. The van der Waals surface area contributed by atoms with E-state index in [1.807, 2.05) is 12.1 Å². The molecule has 0 bridgehead atoms. The van der Waals surface area contributed by atoms with Gasteiger partial charge in [0, 0.05) is 23.3 Å². The maximum absolute atomic E-state index is 12.1. The van der Waals surface area contributed by atoms with E-state index in [-0.39, 0.29) is 5.56 Å². The standard InChI is InChI=1S/C13H10O7.C10H6O2.2N3/c14-6-3-7(15)11(8(16)4-6)12(19)5-1-9(17)13(20)10(18)2-5;11-9-6-5-7-3-1-2-4-8(7)10(9)12;2*1-3-2/h1-4,14-18,20H;1-6H;;/q;;2*-1. The van der Waals surface area contributed by atoms with Crippen LogP contribution in [0.15, 0.2) is 54.6 Å². The molecule has 0 radical (unpaired) electrons. The molecule has 0 spiro atoms. The molecule has 15 heteroatoms. The first-order valence-electron chi connectivity index (χ1n) is 9.80. The number of phenolic OH excluding ortho intramolecular Hbond substituents is 6. The fourth-order valence-corrected chi connectivity index (χ4v) is 2.93. The third-order valence-corrected chi connectivity index (χ3v) is 4.48. The number of phenols is 6. The molecule has 0 heterocycles. The van der Waals surface area contributed by atoms with Crippen molar-refractivity contribution >= 4 is 23.4 Å². The summed E-state index contributed by atoms with van der Waals surface area (Å²) in [6.07, 6.45) is 2.98. The quantitative estimate of drug-likeness (QED) is 0.0697. The third kappa shape index (κ3) is 7.41. The number of carbonyl (C=O) groups is 3. The lowest BCUT2D eigenvalue weighted by atomic mass is 9.96. The number of hydrogen-bond acceptors (Lipinski definition) is 9. The molecule has 0 amide bonds. The minimum absolute atomic E-state index is 0.269. The largest absolute Gasteiger partial charge is 0.508 e. The maximum atomic E-state index is 12.1. The maximum Gasteiger partial charge on any atom is 0.233 e. The Hall–Kier alpha value is -6.17. The summed E-state index contributed by atoms with van der Waals surface area (Å²) in [6, 6.07) is 10.5. The Balaban J connectivity index is 0.000000338. The van der Waals surface area contributed by atoms with Crippen LogP contribution < -0.4 is 0 Å². The van der Waals surface area contributed by atoms with Gasteiger partial charge in [0.05, 0.1) is 0 Å². The number of Topliss-reactive ketones (excluding diaryl/α,β-unsaturated/α-hetero) is 1. The summed E-state index contributed by atoms with van der Waals surface area (Å²) >= 11 is 0. The highest BCUT2D eigenvalue weighted by Gasteiger charge is 2.22. The number of benzene rings is 3. The molecule has 3 aromatic rings. The summed E-state index contributed by atoms with van der Waals surface area (Å²) in [6.45, 7) is 0. The van der Waals surface area contributed by atoms with E-state index >= 15 is 0 Å². The van der Waals surface area contributed by atoms with Gasteiger partial charge in [-0.15, -0.1) is 0 Å². The highest BCUT2D eigenvalue weighted by atomic mass is 16.3. The van der Waals surface area contributed by atoms with Gasteiger partial charge in [0.15, 0.2) is 17.2 Å². The molecular weight excluding hydrogens is 504 g/mol. The van der Waals surface area contributed by atoms with Gasteiger partial charge < -0.3 is 52.8 Å². The van der Waals surface area contributed by atoms with Gasteiger partial charge in [-0.2, -0.15) is 0 Å². The molecule has 194 valence electrons. The van der Waals surface area contributed by atoms with Crippen molar-refractivity contribution in [2.45, 2.75) is 0 Å². The molecule has 0 atom stereocenters. The Morgan fingerprint density at radius 3 is 1.66 bits per heavy atom. The van der Waals surface area contributed by atoms with Gasteiger partial charge in [-0.25, -0.2) is 0 Å². The second-order valence-electron chi connectivity index (χ2n) is 6.84. The van der Waals surface area contributed by atoms with E-state index in [4.69, 9.17) is 27.2 Å². The molecule has 6 N–H and O–H groups in total. The van der Waals surface area contributed by atoms with E-state index < -0.39 is 57.4 Å². The van der Waals surface area contributed by atoms with Gasteiger partial charge in [-0.1, -0.05) is 30.3 Å².